The van der Waals surface area contributed by atoms with Crippen LogP contribution in [0.3, 0.4) is 0 Å². The van der Waals surface area contributed by atoms with Gasteiger partial charge in [-0.25, -0.2) is 14.6 Å². The Balaban J connectivity index is 2.32. The Kier molecular flexibility index (Phi) is 2.73. The molecule has 0 radical (unpaired) electrons. The van der Waals surface area contributed by atoms with Crippen LogP contribution < -0.4 is 5.73 Å². The van der Waals surface area contributed by atoms with Gasteiger partial charge in [0.25, 0.3) is 0 Å². The van der Waals surface area contributed by atoms with E-state index < -0.39 is 11.9 Å². The third-order valence-electron chi connectivity index (χ3n) is 2.03. The molecule has 0 saturated heterocycles. The molecule has 2 heterocycles. The topological polar surface area (TPSA) is 93.5 Å². The maximum Gasteiger partial charge on any atom is 0.435 e. The van der Waals surface area contributed by atoms with Crippen molar-refractivity contribution in [2.45, 2.75) is 6.18 Å². The minimum absolute atomic E-state index is 0.107. The standard InChI is InChI=1S/C9H7F3N6/c10-9(11,12)6-1-2-18(17-6)7-4-15-5(3-16-7)8(13)14/h1-4H,(H3,13,14). The van der Waals surface area contributed by atoms with Crippen LogP contribution in [-0.4, -0.2) is 25.6 Å². The number of amidine groups is 1. The predicted octanol–water partition coefficient (Wildman–Crippen LogP) is 0.965. The molecule has 0 spiro atoms. The molecule has 94 valence electrons. The second-order valence-electron chi connectivity index (χ2n) is 3.32. The number of nitrogen functional groups attached to an aromatic ring is 1. The van der Waals surface area contributed by atoms with Gasteiger partial charge in [-0.1, -0.05) is 0 Å². The molecule has 0 unspecified atom stereocenters. The average molecular weight is 256 g/mol. The summed E-state index contributed by atoms with van der Waals surface area (Å²) in [5.41, 5.74) is 4.30. The van der Waals surface area contributed by atoms with E-state index in [9.17, 15) is 13.2 Å². The second kappa shape index (κ2) is 4.09. The van der Waals surface area contributed by atoms with E-state index in [1.54, 1.807) is 0 Å². The number of hydrogen-bond acceptors (Lipinski definition) is 4. The van der Waals surface area contributed by atoms with Crippen molar-refractivity contribution in [2.75, 3.05) is 0 Å². The Bertz CT molecular complexity index is 571. The molecular weight excluding hydrogens is 249 g/mol. The maximum absolute atomic E-state index is 12.3. The molecule has 2 aromatic heterocycles. The number of alkyl halides is 3. The molecule has 0 atom stereocenters. The molecule has 0 aliphatic rings. The molecule has 0 aromatic carbocycles. The lowest BCUT2D eigenvalue weighted by Crippen LogP contribution is -2.14. The average Bonchev–Trinajstić information content (AvgIpc) is 2.78. The Labute approximate surface area is 98.8 Å². The SMILES string of the molecule is N=C(N)c1cnc(-n2ccc(C(F)(F)F)n2)cn1. The summed E-state index contributed by atoms with van der Waals surface area (Å²) in [4.78, 5) is 7.59. The molecule has 6 nitrogen and oxygen atoms in total. The van der Waals surface area contributed by atoms with Crippen molar-refractivity contribution >= 4 is 5.84 Å². The largest absolute Gasteiger partial charge is 0.435 e. The van der Waals surface area contributed by atoms with Crippen molar-refractivity contribution in [3.63, 3.8) is 0 Å². The lowest BCUT2D eigenvalue weighted by atomic mass is 10.4. The van der Waals surface area contributed by atoms with E-state index in [0.29, 0.717) is 0 Å². The van der Waals surface area contributed by atoms with Gasteiger partial charge in [0.1, 0.15) is 11.5 Å². The van der Waals surface area contributed by atoms with E-state index in [4.69, 9.17) is 11.1 Å². The van der Waals surface area contributed by atoms with Crippen LogP contribution in [0.1, 0.15) is 11.4 Å². The molecule has 3 N–H and O–H groups in total. The summed E-state index contributed by atoms with van der Waals surface area (Å²) >= 11 is 0. The molecule has 0 aliphatic heterocycles. The quantitative estimate of drug-likeness (QED) is 0.618. The van der Waals surface area contributed by atoms with Crippen LogP contribution >= 0.6 is 0 Å². The van der Waals surface area contributed by atoms with Crippen LogP contribution in [0.4, 0.5) is 13.2 Å². The number of rotatable bonds is 2. The van der Waals surface area contributed by atoms with E-state index in [-0.39, 0.29) is 17.3 Å². The third kappa shape index (κ3) is 2.29. The highest BCUT2D eigenvalue weighted by atomic mass is 19.4. The zero-order valence-corrected chi connectivity index (χ0v) is 8.81. The van der Waals surface area contributed by atoms with Crippen molar-refractivity contribution < 1.29 is 13.2 Å². The lowest BCUT2D eigenvalue weighted by molar-refractivity contribution is -0.141. The van der Waals surface area contributed by atoms with Crippen LogP contribution in [0, 0.1) is 5.41 Å². The first-order valence-corrected chi connectivity index (χ1v) is 4.67. The third-order valence-corrected chi connectivity index (χ3v) is 2.03. The first-order valence-electron chi connectivity index (χ1n) is 4.67. The van der Waals surface area contributed by atoms with Gasteiger partial charge in [-0.3, -0.25) is 5.41 Å². The minimum Gasteiger partial charge on any atom is -0.382 e. The molecule has 0 bridgehead atoms. The maximum atomic E-state index is 12.3. The first kappa shape index (κ1) is 12.0. The summed E-state index contributed by atoms with van der Waals surface area (Å²) in [5, 5.41) is 10.4. The van der Waals surface area contributed by atoms with Crippen LogP contribution in [0.5, 0.6) is 0 Å². The smallest absolute Gasteiger partial charge is 0.382 e. The summed E-state index contributed by atoms with van der Waals surface area (Å²) in [7, 11) is 0. The Morgan fingerprint density at radius 3 is 2.44 bits per heavy atom. The van der Waals surface area contributed by atoms with Crippen LogP contribution in [0.15, 0.2) is 24.7 Å². The van der Waals surface area contributed by atoms with E-state index in [2.05, 4.69) is 15.1 Å². The summed E-state index contributed by atoms with van der Waals surface area (Å²) < 4.78 is 37.9. The number of nitrogens with zero attached hydrogens (tertiary/aromatic N) is 4. The van der Waals surface area contributed by atoms with Gasteiger partial charge >= 0.3 is 6.18 Å². The number of nitrogens with one attached hydrogen (secondary N) is 1. The lowest BCUT2D eigenvalue weighted by Gasteiger charge is -2.02. The predicted molar refractivity (Wildman–Crippen MR) is 55.2 cm³/mol. The highest BCUT2D eigenvalue weighted by Crippen LogP contribution is 2.27. The molecule has 0 amide bonds. The van der Waals surface area contributed by atoms with Crippen molar-refractivity contribution in [1.82, 2.24) is 19.7 Å². The monoisotopic (exact) mass is 256 g/mol. The number of nitrogens with two attached hydrogens (primary N) is 1. The molecule has 9 heteroatoms. The zero-order valence-electron chi connectivity index (χ0n) is 8.81. The second-order valence-corrected chi connectivity index (χ2v) is 3.32. The summed E-state index contributed by atoms with van der Waals surface area (Å²) in [5.74, 6) is -0.166. The fraction of sp³-hybridized carbons (Fsp3) is 0.111. The van der Waals surface area contributed by atoms with Crippen LogP contribution in [0.2, 0.25) is 0 Å². The summed E-state index contributed by atoms with van der Waals surface area (Å²) in [6.07, 6.45) is -1.01. The van der Waals surface area contributed by atoms with Gasteiger partial charge in [0.2, 0.25) is 0 Å². The normalized spacial score (nSPS) is 11.5. The van der Waals surface area contributed by atoms with Crippen LogP contribution in [-0.2, 0) is 6.18 Å². The molecule has 0 saturated carbocycles. The van der Waals surface area contributed by atoms with Gasteiger partial charge in [-0.15, -0.1) is 0 Å². The molecule has 0 fully saturated rings. The van der Waals surface area contributed by atoms with Gasteiger partial charge in [0.05, 0.1) is 12.4 Å². The minimum atomic E-state index is -4.50. The van der Waals surface area contributed by atoms with Crippen LogP contribution in [0.25, 0.3) is 5.82 Å². The number of halogens is 3. The molecule has 18 heavy (non-hydrogen) atoms. The fourth-order valence-corrected chi connectivity index (χ4v) is 1.18. The van der Waals surface area contributed by atoms with Crippen molar-refractivity contribution in [3.05, 3.63) is 36.0 Å². The van der Waals surface area contributed by atoms with Gasteiger partial charge in [-0.05, 0) is 6.07 Å². The summed E-state index contributed by atoms with van der Waals surface area (Å²) in [6, 6.07) is 0.834. The molecule has 2 aromatic rings. The summed E-state index contributed by atoms with van der Waals surface area (Å²) in [6.45, 7) is 0. The highest BCUT2D eigenvalue weighted by molar-refractivity contribution is 5.92. The van der Waals surface area contributed by atoms with Gasteiger partial charge < -0.3 is 5.73 Å². The Morgan fingerprint density at radius 2 is 2.00 bits per heavy atom. The zero-order chi connectivity index (χ0) is 13.3. The fourth-order valence-electron chi connectivity index (χ4n) is 1.18. The molecule has 2 rings (SSSR count). The van der Waals surface area contributed by atoms with Crippen molar-refractivity contribution in [2.24, 2.45) is 5.73 Å². The van der Waals surface area contributed by atoms with E-state index in [1.807, 2.05) is 0 Å². The Hall–Kier alpha value is -2.45. The highest BCUT2D eigenvalue weighted by Gasteiger charge is 2.33. The van der Waals surface area contributed by atoms with Crippen molar-refractivity contribution in [1.29, 1.82) is 5.41 Å². The van der Waals surface area contributed by atoms with E-state index in [1.165, 1.54) is 12.4 Å². The van der Waals surface area contributed by atoms with Gasteiger partial charge in [0.15, 0.2) is 11.5 Å². The number of hydrogen-bond donors (Lipinski definition) is 2. The Morgan fingerprint density at radius 1 is 1.28 bits per heavy atom. The van der Waals surface area contributed by atoms with Gasteiger partial charge in [0, 0.05) is 6.20 Å². The van der Waals surface area contributed by atoms with Crippen molar-refractivity contribution in [3.8, 4) is 5.82 Å². The number of aromatic nitrogens is 4. The first-order chi connectivity index (χ1) is 8.38. The molecular formula is C9H7F3N6. The van der Waals surface area contributed by atoms with Gasteiger partial charge in [-0.2, -0.15) is 18.3 Å². The molecule has 0 aliphatic carbocycles. The van der Waals surface area contributed by atoms with E-state index >= 15 is 0 Å². The van der Waals surface area contributed by atoms with E-state index in [0.717, 1.165) is 16.9 Å².